The number of methoxy groups -OCH3 is 2. The summed E-state index contributed by atoms with van der Waals surface area (Å²) in [5.74, 6) is 0.100. The van der Waals surface area contributed by atoms with Gasteiger partial charge >= 0.3 is 0 Å². The largest absolute Gasteiger partial charge is 0.497 e. The second-order valence-electron chi connectivity index (χ2n) is 5.56. The number of nitrogens with one attached hydrogen (secondary N) is 1. The van der Waals surface area contributed by atoms with Gasteiger partial charge in [0.15, 0.2) is 0 Å². The molecule has 3 aromatic rings. The van der Waals surface area contributed by atoms with Gasteiger partial charge in [-0.2, -0.15) is 0 Å². The third kappa shape index (κ3) is 4.17. The van der Waals surface area contributed by atoms with E-state index >= 15 is 0 Å². The minimum Gasteiger partial charge on any atom is -0.497 e. The van der Waals surface area contributed by atoms with Crippen LogP contribution in [0.1, 0.15) is 0 Å². The average Bonchev–Trinajstić information content (AvgIpc) is 2.68. The summed E-state index contributed by atoms with van der Waals surface area (Å²) in [5.41, 5.74) is 1.78. The van der Waals surface area contributed by atoms with Crippen LogP contribution in [0.2, 0.25) is 0 Å². The third-order valence-electron chi connectivity index (χ3n) is 3.82. The van der Waals surface area contributed by atoms with Gasteiger partial charge in [0.1, 0.15) is 22.2 Å². The highest BCUT2D eigenvalue weighted by atomic mass is 32.2. The summed E-state index contributed by atoms with van der Waals surface area (Å²) in [4.78, 5) is 3.98. The zero-order valence-corrected chi connectivity index (χ0v) is 15.5. The van der Waals surface area contributed by atoms with E-state index in [1.54, 1.807) is 19.2 Å². The van der Waals surface area contributed by atoms with Crippen LogP contribution in [-0.4, -0.2) is 27.6 Å². The molecule has 0 fully saturated rings. The van der Waals surface area contributed by atoms with Gasteiger partial charge in [0, 0.05) is 5.56 Å². The lowest BCUT2D eigenvalue weighted by molar-refractivity contribution is 0.401. The molecule has 0 aliphatic carbocycles. The van der Waals surface area contributed by atoms with Crippen molar-refractivity contribution in [3.8, 4) is 22.8 Å². The van der Waals surface area contributed by atoms with Crippen LogP contribution in [0.3, 0.4) is 0 Å². The lowest BCUT2D eigenvalue weighted by Crippen LogP contribution is -2.14. The van der Waals surface area contributed by atoms with Crippen molar-refractivity contribution in [3.63, 3.8) is 0 Å². The summed E-state index contributed by atoms with van der Waals surface area (Å²) in [7, 11) is -1.13. The second kappa shape index (κ2) is 7.63. The summed E-state index contributed by atoms with van der Waals surface area (Å²) in [6.45, 7) is 0. The van der Waals surface area contributed by atoms with Gasteiger partial charge in [0.25, 0.3) is 10.0 Å². The van der Waals surface area contributed by atoms with Gasteiger partial charge in [-0.1, -0.05) is 0 Å². The smallest absolute Gasteiger partial charge is 0.265 e. The van der Waals surface area contributed by atoms with Gasteiger partial charge in [-0.25, -0.2) is 12.8 Å². The lowest BCUT2D eigenvalue weighted by Gasteiger charge is -2.12. The lowest BCUT2D eigenvalue weighted by atomic mass is 10.1. The van der Waals surface area contributed by atoms with Gasteiger partial charge < -0.3 is 9.47 Å². The van der Waals surface area contributed by atoms with E-state index in [-0.39, 0.29) is 16.3 Å². The van der Waals surface area contributed by atoms with Crippen molar-refractivity contribution in [1.29, 1.82) is 0 Å². The number of hydrogen-bond acceptors (Lipinski definition) is 5. The van der Waals surface area contributed by atoms with Crippen molar-refractivity contribution in [2.75, 3.05) is 18.9 Å². The van der Waals surface area contributed by atoms with Gasteiger partial charge in [0.2, 0.25) is 0 Å². The zero-order chi connectivity index (χ0) is 19.4. The van der Waals surface area contributed by atoms with Crippen LogP contribution in [0.5, 0.6) is 11.5 Å². The van der Waals surface area contributed by atoms with Gasteiger partial charge in [-0.15, -0.1) is 0 Å². The Labute approximate surface area is 156 Å². The van der Waals surface area contributed by atoms with Crippen LogP contribution in [0.4, 0.5) is 10.1 Å². The highest BCUT2D eigenvalue weighted by Crippen LogP contribution is 2.27. The van der Waals surface area contributed by atoms with Crippen molar-refractivity contribution in [1.82, 2.24) is 4.98 Å². The first-order valence-corrected chi connectivity index (χ1v) is 9.38. The molecule has 3 rings (SSSR count). The molecule has 1 N–H and O–H groups in total. The predicted molar refractivity (Wildman–Crippen MR) is 100.0 cm³/mol. The van der Waals surface area contributed by atoms with Crippen molar-refractivity contribution < 1.29 is 22.3 Å². The molecule has 8 heteroatoms. The van der Waals surface area contributed by atoms with E-state index in [0.29, 0.717) is 5.69 Å². The molecule has 0 amide bonds. The average molecular weight is 388 g/mol. The molecule has 1 aromatic heterocycles. The molecule has 0 aliphatic rings. The fourth-order valence-corrected chi connectivity index (χ4v) is 3.68. The minimum atomic E-state index is -4.04. The SMILES string of the molecule is COc1ccc(-c2ccc(NS(=O)(=O)c3cc(F)ccc3OC)cn2)cc1. The Bertz CT molecular complexity index is 1040. The van der Waals surface area contributed by atoms with Crippen LogP contribution in [0, 0.1) is 5.82 Å². The number of rotatable bonds is 6. The normalized spacial score (nSPS) is 11.1. The molecule has 2 aromatic carbocycles. The predicted octanol–water partition coefficient (Wildman–Crippen LogP) is 3.71. The number of benzene rings is 2. The number of halogens is 1. The van der Waals surface area contributed by atoms with E-state index in [1.165, 1.54) is 19.4 Å². The van der Waals surface area contributed by atoms with Crippen molar-refractivity contribution in [3.05, 3.63) is 66.6 Å². The van der Waals surface area contributed by atoms with E-state index < -0.39 is 15.8 Å². The Kier molecular flexibility index (Phi) is 5.27. The molecule has 0 unspecified atom stereocenters. The Hall–Kier alpha value is -3.13. The van der Waals surface area contributed by atoms with E-state index in [1.807, 2.05) is 24.3 Å². The third-order valence-corrected chi connectivity index (χ3v) is 5.22. The van der Waals surface area contributed by atoms with Crippen molar-refractivity contribution >= 4 is 15.7 Å². The molecule has 27 heavy (non-hydrogen) atoms. The van der Waals surface area contributed by atoms with Crippen molar-refractivity contribution in [2.24, 2.45) is 0 Å². The van der Waals surface area contributed by atoms with E-state index in [2.05, 4.69) is 9.71 Å². The Morgan fingerprint density at radius 3 is 2.30 bits per heavy atom. The number of aromatic nitrogens is 1. The maximum atomic E-state index is 13.5. The standard InChI is InChI=1S/C19H17FN2O4S/c1-25-16-7-3-13(4-8-16)17-9-6-15(12-21-17)22-27(23,24)19-11-14(20)5-10-18(19)26-2/h3-12,22H,1-2H3. The van der Waals surface area contributed by atoms with E-state index in [0.717, 1.165) is 23.4 Å². The second-order valence-corrected chi connectivity index (χ2v) is 7.21. The molecule has 0 saturated heterocycles. The molecule has 0 aliphatic heterocycles. The summed E-state index contributed by atoms with van der Waals surface area (Å²) in [5, 5.41) is 0. The monoisotopic (exact) mass is 388 g/mol. The number of pyridine rings is 1. The van der Waals surface area contributed by atoms with Crippen molar-refractivity contribution in [2.45, 2.75) is 4.90 Å². The maximum absolute atomic E-state index is 13.5. The van der Waals surface area contributed by atoms with Crippen LogP contribution in [-0.2, 0) is 10.0 Å². The topological polar surface area (TPSA) is 77.5 Å². The molecular formula is C19H17FN2O4S. The highest BCUT2D eigenvalue weighted by molar-refractivity contribution is 7.92. The van der Waals surface area contributed by atoms with E-state index in [4.69, 9.17) is 9.47 Å². The number of sulfonamides is 1. The molecule has 0 spiro atoms. The van der Waals surface area contributed by atoms with Crippen LogP contribution < -0.4 is 14.2 Å². The Morgan fingerprint density at radius 2 is 1.70 bits per heavy atom. The van der Waals surface area contributed by atoms with Gasteiger partial charge in [-0.3, -0.25) is 9.71 Å². The van der Waals surface area contributed by atoms with Gasteiger partial charge in [0.05, 0.1) is 31.8 Å². The molecule has 140 valence electrons. The summed E-state index contributed by atoms with van der Waals surface area (Å²) in [6.07, 6.45) is 1.39. The molecule has 6 nitrogen and oxygen atoms in total. The number of hydrogen-bond donors (Lipinski definition) is 1. The first-order valence-electron chi connectivity index (χ1n) is 7.90. The summed E-state index contributed by atoms with van der Waals surface area (Å²) >= 11 is 0. The molecule has 1 heterocycles. The number of anilines is 1. The van der Waals surface area contributed by atoms with Gasteiger partial charge in [-0.05, 0) is 54.6 Å². The molecule has 0 saturated carbocycles. The molecular weight excluding hydrogens is 371 g/mol. The number of nitrogens with zero attached hydrogens (tertiary/aromatic N) is 1. The Balaban J connectivity index is 1.84. The fourth-order valence-electron chi connectivity index (χ4n) is 2.46. The quantitative estimate of drug-likeness (QED) is 0.697. The Morgan fingerprint density at radius 1 is 0.963 bits per heavy atom. The maximum Gasteiger partial charge on any atom is 0.265 e. The molecule has 0 atom stereocenters. The van der Waals surface area contributed by atoms with E-state index in [9.17, 15) is 12.8 Å². The molecule has 0 radical (unpaired) electrons. The number of ether oxygens (including phenoxy) is 2. The minimum absolute atomic E-state index is 0.0479. The van der Waals surface area contributed by atoms with Crippen LogP contribution >= 0.6 is 0 Å². The highest BCUT2D eigenvalue weighted by Gasteiger charge is 2.20. The zero-order valence-electron chi connectivity index (χ0n) is 14.6. The van der Waals surface area contributed by atoms with Crippen LogP contribution in [0.15, 0.2) is 65.7 Å². The summed E-state index contributed by atoms with van der Waals surface area (Å²) < 4.78 is 51.1. The first-order chi connectivity index (χ1) is 12.9. The first kappa shape index (κ1) is 18.7. The fraction of sp³-hybridized carbons (Fsp3) is 0.105. The van der Waals surface area contributed by atoms with Crippen LogP contribution in [0.25, 0.3) is 11.3 Å². The molecule has 0 bridgehead atoms. The summed E-state index contributed by atoms with van der Waals surface area (Å²) in [6, 6.07) is 13.9.